The van der Waals surface area contributed by atoms with Crippen molar-refractivity contribution >= 4 is 39.0 Å². The number of halogens is 1. The lowest BCUT2D eigenvalue weighted by Gasteiger charge is -2.13. The Labute approximate surface area is 170 Å². The molecule has 0 saturated carbocycles. The van der Waals surface area contributed by atoms with Crippen LogP contribution in [0.1, 0.15) is 27.9 Å². The topological polar surface area (TPSA) is 59.1 Å². The Morgan fingerprint density at radius 1 is 1.04 bits per heavy atom. The molecular formula is C22H19ClN2O2S. The van der Waals surface area contributed by atoms with E-state index in [1.807, 2.05) is 42.6 Å². The summed E-state index contributed by atoms with van der Waals surface area (Å²) in [5.74, 6) is 0. The number of aromatic nitrogens is 1. The monoisotopic (exact) mass is 410 g/mol. The van der Waals surface area contributed by atoms with Gasteiger partial charge in [0.25, 0.3) is 0 Å². The van der Waals surface area contributed by atoms with E-state index in [-0.39, 0.29) is 0 Å². The Balaban J connectivity index is 1.89. The first-order valence-electron chi connectivity index (χ1n) is 8.92. The van der Waals surface area contributed by atoms with Gasteiger partial charge < -0.3 is 0 Å². The van der Waals surface area contributed by atoms with Crippen LogP contribution in [0.4, 0.5) is 5.69 Å². The predicted molar refractivity (Wildman–Crippen MR) is 115 cm³/mol. The van der Waals surface area contributed by atoms with Gasteiger partial charge in [-0.15, -0.1) is 0 Å². The summed E-state index contributed by atoms with van der Waals surface area (Å²) in [4.78, 5) is 4.57. The van der Waals surface area contributed by atoms with Crippen molar-refractivity contribution in [3.8, 4) is 0 Å². The van der Waals surface area contributed by atoms with E-state index < -0.39 is 10.0 Å². The molecule has 0 atom stereocenters. The van der Waals surface area contributed by atoms with Gasteiger partial charge in [-0.2, -0.15) is 0 Å². The maximum absolute atomic E-state index is 11.6. The van der Waals surface area contributed by atoms with Crippen LogP contribution in [-0.4, -0.2) is 19.7 Å². The summed E-state index contributed by atoms with van der Waals surface area (Å²) in [6.45, 7) is 0. The Kier molecular flexibility index (Phi) is 4.96. The molecule has 0 saturated heterocycles. The molecule has 28 heavy (non-hydrogen) atoms. The molecular weight excluding hydrogens is 392 g/mol. The Bertz CT molecular complexity index is 1190. The van der Waals surface area contributed by atoms with Crippen molar-refractivity contribution in [3.63, 3.8) is 0 Å². The van der Waals surface area contributed by atoms with Gasteiger partial charge in [0.15, 0.2) is 0 Å². The van der Waals surface area contributed by atoms with Crippen LogP contribution in [0.3, 0.4) is 0 Å². The van der Waals surface area contributed by atoms with Crippen molar-refractivity contribution in [1.82, 2.24) is 4.98 Å². The zero-order chi connectivity index (χ0) is 19.7. The molecule has 0 fully saturated rings. The average molecular weight is 411 g/mol. The molecule has 3 aromatic rings. The van der Waals surface area contributed by atoms with Gasteiger partial charge >= 0.3 is 0 Å². The second kappa shape index (κ2) is 7.41. The third-order valence-electron chi connectivity index (χ3n) is 4.70. The lowest BCUT2D eigenvalue weighted by Crippen LogP contribution is -2.09. The normalized spacial score (nSPS) is 14.9. The highest BCUT2D eigenvalue weighted by Crippen LogP contribution is 2.37. The molecule has 0 radical (unpaired) electrons. The molecule has 4 rings (SSSR count). The number of hydrogen-bond acceptors (Lipinski definition) is 3. The smallest absolute Gasteiger partial charge is 0.229 e. The quantitative estimate of drug-likeness (QED) is 0.675. The van der Waals surface area contributed by atoms with Crippen LogP contribution in [0.25, 0.3) is 11.6 Å². The molecule has 0 amide bonds. The zero-order valence-corrected chi connectivity index (χ0v) is 16.9. The number of sulfonamides is 1. The highest BCUT2D eigenvalue weighted by atomic mass is 35.5. The van der Waals surface area contributed by atoms with Gasteiger partial charge in [0.05, 0.1) is 6.26 Å². The summed E-state index contributed by atoms with van der Waals surface area (Å²) in [5, 5.41) is 0.753. The minimum absolute atomic E-state index is 0.531. The highest BCUT2D eigenvalue weighted by molar-refractivity contribution is 7.92. The Morgan fingerprint density at radius 3 is 2.64 bits per heavy atom. The number of aryl methyl sites for hydroxylation is 1. The number of hydrogen-bond donors (Lipinski definition) is 1. The van der Waals surface area contributed by atoms with Crippen LogP contribution in [0, 0.1) is 0 Å². The first kappa shape index (κ1) is 18.7. The number of anilines is 1. The van der Waals surface area contributed by atoms with E-state index in [1.54, 1.807) is 6.07 Å². The van der Waals surface area contributed by atoms with Crippen LogP contribution in [0.2, 0.25) is 5.02 Å². The second-order valence-corrected chi connectivity index (χ2v) is 8.98. The van der Waals surface area contributed by atoms with Gasteiger partial charge in [-0.05, 0) is 65.4 Å². The fourth-order valence-corrected chi connectivity index (χ4v) is 4.39. The van der Waals surface area contributed by atoms with E-state index in [0.29, 0.717) is 5.69 Å². The molecule has 142 valence electrons. The fraction of sp³-hybridized carbons (Fsp3) is 0.136. The van der Waals surface area contributed by atoms with Gasteiger partial charge in [0.1, 0.15) is 0 Å². The highest BCUT2D eigenvalue weighted by Gasteiger charge is 2.20. The Morgan fingerprint density at radius 2 is 1.82 bits per heavy atom. The minimum atomic E-state index is -3.33. The summed E-state index contributed by atoms with van der Waals surface area (Å²) >= 11 is 6.50. The molecule has 1 heterocycles. The van der Waals surface area contributed by atoms with E-state index in [0.717, 1.165) is 57.6 Å². The van der Waals surface area contributed by atoms with Crippen molar-refractivity contribution in [2.45, 2.75) is 12.8 Å². The lowest BCUT2D eigenvalue weighted by molar-refractivity contribution is 0.607. The summed E-state index contributed by atoms with van der Waals surface area (Å²) < 4.78 is 25.7. The summed E-state index contributed by atoms with van der Waals surface area (Å²) in [6.07, 6.45) is 6.66. The average Bonchev–Trinajstić information content (AvgIpc) is 2.79. The van der Waals surface area contributed by atoms with Crippen LogP contribution in [0.5, 0.6) is 0 Å². The van der Waals surface area contributed by atoms with Crippen molar-refractivity contribution < 1.29 is 8.42 Å². The molecule has 1 aliphatic carbocycles. The zero-order valence-electron chi connectivity index (χ0n) is 15.3. The molecule has 1 N–H and O–H groups in total. The molecule has 0 bridgehead atoms. The molecule has 4 nitrogen and oxygen atoms in total. The molecule has 0 aliphatic heterocycles. The second-order valence-electron chi connectivity index (χ2n) is 6.82. The van der Waals surface area contributed by atoms with Crippen molar-refractivity contribution in [1.29, 1.82) is 0 Å². The van der Waals surface area contributed by atoms with Crippen molar-refractivity contribution in [3.05, 3.63) is 93.8 Å². The van der Waals surface area contributed by atoms with E-state index in [2.05, 4.69) is 27.9 Å². The largest absolute Gasteiger partial charge is 0.284 e. The molecule has 1 aliphatic rings. The standard InChI is InChI=1S/C22H19ClN2O2S/c1-28(26,27)25-16-6-2-5-15(13-16)14-20-17-7-3-9-21(23)18(17)10-11-22-19(20)8-4-12-24-22/h2-9,12-14,25H,10-11H2,1H3. The van der Waals surface area contributed by atoms with Crippen molar-refractivity contribution in [2.75, 3.05) is 11.0 Å². The SMILES string of the molecule is CS(=O)(=O)Nc1cccc(C=C2c3cccnc3CCc3c(Cl)cccc32)c1. The van der Waals surface area contributed by atoms with E-state index in [4.69, 9.17) is 11.6 Å². The third kappa shape index (κ3) is 3.96. The predicted octanol–water partition coefficient (Wildman–Crippen LogP) is 4.79. The Hall–Kier alpha value is -2.63. The fourth-order valence-electron chi connectivity index (χ4n) is 3.56. The van der Waals surface area contributed by atoms with E-state index in [1.165, 1.54) is 0 Å². The molecule has 0 unspecified atom stereocenters. The molecule has 6 heteroatoms. The van der Waals surface area contributed by atoms with Crippen LogP contribution in [0.15, 0.2) is 60.8 Å². The minimum Gasteiger partial charge on any atom is -0.284 e. The van der Waals surface area contributed by atoms with Crippen LogP contribution in [-0.2, 0) is 22.9 Å². The van der Waals surface area contributed by atoms with Gasteiger partial charge in [-0.3, -0.25) is 9.71 Å². The first-order valence-corrected chi connectivity index (χ1v) is 11.2. The molecule has 2 aromatic carbocycles. The molecule has 1 aromatic heterocycles. The maximum Gasteiger partial charge on any atom is 0.229 e. The van der Waals surface area contributed by atoms with Crippen LogP contribution >= 0.6 is 11.6 Å². The van der Waals surface area contributed by atoms with Crippen LogP contribution < -0.4 is 4.72 Å². The number of nitrogens with one attached hydrogen (secondary N) is 1. The first-order chi connectivity index (χ1) is 13.4. The summed E-state index contributed by atoms with van der Waals surface area (Å²) in [5.41, 5.74) is 6.76. The van der Waals surface area contributed by atoms with Gasteiger partial charge in [0, 0.05) is 28.2 Å². The summed E-state index contributed by atoms with van der Waals surface area (Å²) in [7, 11) is -3.33. The van der Waals surface area contributed by atoms with Gasteiger partial charge in [-0.25, -0.2) is 8.42 Å². The molecule has 0 spiro atoms. The van der Waals surface area contributed by atoms with Crippen molar-refractivity contribution in [2.24, 2.45) is 0 Å². The number of rotatable bonds is 3. The van der Waals surface area contributed by atoms with Gasteiger partial charge in [-0.1, -0.05) is 41.9 Å². The number of benzene rings is 2. The van der Waals surface area contributed by atoms with E-state index >= 15 is 0 Å². The summed E-state index contributed by atoms with van der Waals surface area (Å²) in [6, 6.07) is 17.3. The number of nitrogens with zero attached hydrogens (tertiary/aromatic N) is 1. The van der Waals surface area contributed by atoms with Gasteiger partial charge in [0.2, 0.25) is 10.0 Å². The third-order valence-corrected chi connectivity index (χ3v) is 5.66. The lowest BCUT2D eigenvalue weighted by atomic mass is 9.93. The number of fused-ring (bicyclic) bond motifs is 2. The van der Waals surface area contributed by atoms with E-state index in [9.17, 15) is 8.42 Å². The maximum atomic E-state index is 11.6. The number of pyridine rings is 1.